The third kappa shape index (κ3) is 2.20. The Morgan fingerprint density at radius 3 is 2.59 bits per heavy atom. The van der Waals surface area contributed by atoms with E-state index in [4.69, 9.17) is 11.6 Å². The molecular formula is C11H8ClF3N2. The van der Waals surface area contributed by atoms with Gasteiger partial charge in [0.1, 0.15) is 11.0 Å². The quantitative estimate of drug-likeness (QED) is 0.765. The van der Waals surface area contributed by atoms with Crippen molar-refractivity contribution in [3.8, 4) is 0 Å². The highest BCUT2D eigenvalue weighted by Gasteiger charge is 2.16. The van der Waals surface area contributed by atoms with E-state index in [-0.39, 0.29) is 16.1 Å². The molecule has 90 valence electrons. The van der Waals surface area contributed by atoms with Crippen LogP contribution < -0.4 is 0 Å². The summed E-state index contributed by atoms with van der Waals surface area (Å²) >= 11 is 5.76. The largest absolute Gasteiger partial charge is 0.297 e. The highest BCUT2D eigenvalue weighted by atomic mass is 35.5. The van der Waals surface area contributed by atoms with Gasteiger partial charge in [-0.2, -0.15) is 0 Å². The second-order valence-electron chi connectivity index (χ2n) is 3.49. The number of alkyl halides is 2. The van der Waals surface area contributed by atoms with Gasteiger partial charge in [0.05, 0.1) is 5.52 Å². The Morgan fingerprint density at radius 2 is 2.00 bits per heavy atom. The number of halogens is 4. The Bertz CT molecular complexity index is 572. The fraction of sp³-hybridized carbons (Fsp3) is 0.273. The SMILES string of the molecule is CCc1cc(F)cc2c(Cl)nc(C(F)F)nc12. The molecule has 17 heavy (non-hydrogen) atoms. The van der Waals surface area contributed by atoms with E-state index in [0.717, 1.165) is 6.07 Å². The van der Waals surface area contributed by atoms with Crippen molar-refractivity contribution in [3.63, 3.8) is 0 Å². The molecule has 6 heteroatoms. The van der Waals surface area contributed by atoms with Crippen LogP contribution in [0.4, 0.5) is 13.2 Å². The lowest BCUT2D eigenvalue weighted by Gasteiger charge is -2.07. The molecular weight excluding hydrogens is 253 g/mol. The first-order valence-electron chi connectivity index (χ1n) is 4.96. The Kier molecular flexibility index (Phi) is 3.19. The Hall–Kier alpha value is -1.36. The molecule has 1 aromatic carbocycles. The summed E-state index contributed by atoms with van der Waals surface area (Å²) in [6.07, 6.45) is -2.32. The van der Waals surface area contributed by atoms with E-state index in [1.807, 2.05) is 0 Å². The van der Waals surface area contributed by atoms with Crippen LogP contribution in [-0.2, 0) is 6.42 Å². The Labute approximate surface area is 100 Å². The van der Waals surface area contributed by atoms with Crippen LogP contribution in [0.2, 0.25) is 5.15 Å². The third-order valence-corrected chi connectivity index (χ3v) is 2.68. The van der Waals surface area contributed by atoms with Gasteiger partial charge in [-0.15, -0.1) is 0 Å². The van der Waals surface area contributed by atoms with Crippen molar-refractivity contribution in [2.75, 3.05) is 0 Å². The van der Waals surface area contributed by atoms with Crippen LogP contribution in [0.15, 0.2) is 12.1 Å². The van der Waals surface area contributed by atoms with Gasteiger partial charge in [-0.3, -0.25) is 0 Å². The molecule has 0 atom stereocenters. The number of nitrogens with zero attached hydrogens (tertiary/aromatic N) is 2. The fourth-order valence-electron chi connectivity index (χ4n) is 1.61. The smallest absolute Gasteiger partial charge is 0.227 e. The highest BCUT2D eigenvalue weighted by Crippen LogP contribution is 2.27. The lowest BCUT2D eigenvalue weighted by Crippen LogP contribution is -2.00. The van der Waals surface area contributed by atoms with Crippen molar-refractivity contribution < 1.29 is 13.2 Å². The standard InChI is InChI=1S/C11H8ClF3N2/c1-2-5-3-6(13)4-7-8(5)16-11(10(14)15)17-9(7)12/h3-4,10H,2H2,1H3. The van der Waals surface area contributed by atoms with Crippen LogP contribution in [0.5, 0.6) is 0 Å². The summed E-state index contributed by atoms with van der Waals surface area (Å²) < 4.78 is 38.3. The second-order valence-corrected chi connectivity index (χ2v) is 3.85. The molecule has 0 aliphatic rings. The van der Waals surface area contributed by atoms with E-state index in [2.05, 4.69) is 9.97 Å². The first-order valence-corrected chi connectivity index (χ1v) is 5.34. The maximum Gasteiger partial charge on any atom is 0.297 e. The number of rotatable bonds is 2. The van der Waals surface area contributed by atoms with Crippen LogP contribution in [-0.4, -0.2) is 9.97 Å². The van der Waals surface area contributed by atoms with Crippen molar-refractivity contribution in [1.29, 1.82) is 0 Å². The monoisotopic (exact) mass is 260 g/mol. The van der Waals surface area contributed by atoms with Crippen molar-refractivity contribution >= 4 is 22.5 Å². The molecule has 2 aromatic rings. The summed E-state index contributed by atoms with van der Waals surface area (Å²) in [6, 6.07) is 2.41. The first-order chi connectivity index (χ1) is 8.02. The van der Waals surface area contributed by atoms with E-state index in [1.165, 1.54) is 6.07 Å². The molecule has 2 nitrogen and oxygen atoms in total. The van der Waals surface area contributed by atoms with Crippen molar-refractivity contribution in [2.24, 2.45) is 0 Å². The molecule has 1 aromatic heterocycles. The third-order valence-electron chi connectivity index (χ3n) is 2.39. The predicted molar refractivity (Wildman–Crippen MR) is 58.8 cm³/mol. The topological polar surface area (TPSA) is 25.8 Å². The van der Waals surface area contributed by atoms with E-state index >= 15 is 0 Å². The summed E-state index contributed by atoms with van der Waals surface area (Å²) in [5.74, 6) is -1.12. The van der Waals surface area contributed by atoms with Gasteiger partial charge in [-0.1, -0.05) is 18.5 Å². The van der Waals surface area contributed by atoms with Crippen molar-refractivity contribution in [2.45, 2.75) is 19.8 Å². The summed E-state index contributed by atoms with van der Waals surface area (Å²) in [4.78, 5) is 7.19. The second kappa shape index (κ2) is 4.49. The number of hydrogen-bond donors (Lipinski definition) is 0. The fourth-order valence-corrected chi connectivity index (χ4v) is 1.84. The van der Waals surface area contributed by atoms with Gasteiger partial charge in [0.2, 0.25) is 0 Å². The minimum atomic E-state index is -2.80. The molecule has 1 heterocycles. The van der Waals surface area contributed by atoms with Crippen LogP contribution in [0.3, 0.4) is 0 Å². The maximum atomic E-state index is 13.3. The number of benzene rings is 1. The van der Waals surface area contributed by atoms with Crippen LogP contribution in [0.1, 0.15) is 24.7 Å². The zero-order valence-electron chi connectivity index (χ0n) is 8.85. The van der Waals surface area contributed by atoms with Gasteiger partial charge in [-0.05, 0) is 24.1 Å². The average Bonchev–Trinajstić information content (AvgIpc) is 2.28. The number of aryl methyl sites for hydroxylation is 1. The number of hydrogen-bond acceptors (Lipinski definition) is 2. The molecule has 0 saturated heterocycles. The molecule has 0 N–H and O–H groups in total. The van der Waals surface area contributed by atoms with Gasteiger partial charge in [0, 0.05) is 5.39 Å². The minimum Gasteiger partial charge on any atom is -0.227 e. The van der Waals surface area contributed by atoms with Gasteiger partial charge in [-0.25, -0.2) is 23.1 Å². The van der Waals surface area contributed by atoms with Crippen LogP contribution in [0.25, 0.3) is 10.9 Å². The summed E-state index contributed by atoms with van der Waals surface area (Å²) in [6.45, 7) is 1.78. The molecule has 0 unspecified atom stereocenters. The van der Waals surface area contributed by atoms with E-state index in [0.29, 0.717) is 12.0 Å². The van der Waals surface area contributed by atoms with Gasteiger partial charge >= 0.3 is 0 Å². The van der Waals surface area contributed by atoms with E-state index in [9.17, 15) is 13.2 Å². The van der Waals surface area contributed by atoms with E-state index < -0.39 is 18.1 Å². The van der Waals surface area contributed by atoms with Crippen LogP contribution in [0, 0.1) is 5.82 Å². The molecule has 0 bridgehead atoms. The highest BCUT2D eigenvalue weighted by molar-refractivity contribution is 6.34. The summed E-state index contributed by atoms with van der Waals surface area (Å²) in [7, 11) is 0. The Morgan fingerprint density at radius 1 is 1.29 bits per heavy atom. The van der Waals surface area contributed by atoms with Gasteiger partial charge in [0.25, 0.3) is 6.43 Å². The van der Waals surface area contributed by atoms with Crippen molar-refractivity contribution in [1.82, 2.24) is 9.97 Å². The maximum absolute atomic E-state index is 13.3. The van der Waals surface area contributed by atoms with Crippen LogP contribution >= 0.6 is 11.6 Å². The number of aromatic nitrogens is 2. The average molecular weight is 261 g/mol. The molecule has 0 radical (unpaired) electrons. The first kappa shape index (κ1) is 12.1. The van der Waals surface area contributed by atoms with Gasteiger partial charge < -0.3 is 0 Å². The van der Waals surface area contributed by atoms with E-state index in [1.54, 1.807) is 6.92 Å². The zero-order valence-corrected chi connectivity index (χ0v) is 9.60. The minimum absolute atomic E-state index is 0.153. The predicted octanol–water partition coefficient (Wildman–Crippen LogP) is 3.92. The molecule has 0 aliphatic carbocycles. The number of fused-ring (bicyclic) bond motifs is 1. The zero-order chi connectivity index (χ0) is 12.6. The lowest BCUT2D eigenvalue weighted by atomic mass is 10.1. The molecule has 0 saturated carbocycles. The van der Waals surface area contributed by atoms with Crippen molar-refractivity contribution in [3.05, 3.63) is 34.5 Å². The lowest BCUT2D eigenvalue weighted by molar-refractivity contribution is 0.141. The molecule has 0 spiro atoms. The van der Waals surface area contributed by atoms with Gasteiger partial charge in [0.15, 0.2) is 5.82 Å². The molecule has 0 aliphatic heterocycles. The molecule has 2 rings (SSSR count). The Balaban J connectivity index is 2.81. The normalized spacial score (nSPS) is 11.4. The molecule has 0 amide bonds. The molecule has 0 fully saturated rings. The summed E-state index contributed by atoms with van der Waals surface area (Å²) in [5, 5.41) is 0.104. The summed E-state index contributed by atoms with van der Waals surface area (Å²) in [5.41, 5.74) is 0.815.